The van der Waals surface area contributed by atoms with Gasteiger partial charge in [-0.25, -0.2) is 4.39 Å². The molecule has 0 aliphatic carbocycles. The molecule has 0 saturated carbocycles. The van der Waals surface area contributed by atoms with E-state index in [4.69, 9.17) is 10.2 Å². The zero-order chi connectivity index (χ0) is 26.0. The SMILES string of the molecule is CCC(=O)c1c(-c2ccc(F)cc2)oc2ccc(-c3cccc(C(=O)N[C@H](C(N)=O)C(C)C)c3)cc12. The first kappa shape index (κ1) is 24.9. The van der Waals surface area contributed by atoms with Crippen LogP contribution in [-0.2, 0) is 4.79 Å². The fourth-order valence-corrected chi connectivity index (χ4v) is 4.17. The number of primary amides is 1. The van der Waals surface area contributed by atoms with Crippen LogP contribution in [0.5, 0.6) is 0 Å². The summed E-state index contributed by atoms with van der Waals surface area (Å²) >= 11 is 0. The van der Waals surface area contributed by atoms with Gasteiger partial charge in [-0.2, -0.15) is 0 Å². The van der Waals surface area contributed by atoms with E-state index in [0.717, 1.165) is 11.1 Å². The molecule has 0 fully saturated rings. The van der Waals surface area contributed by atoms with Crippen LogP contribution in [-0.4, -0.2) is 23.6 Å². The Labute approximate surface area is 208 Å². The van der Waals surface area contributed by atoms with Crippen molar-refractivity contribution in [3.63, 3.8) is 0 Å². The Morgan fingerprint density at radius 2 is 1.61 bits per heavy atom. The van der Waals surface area contributed by atoms with Crippen molar-refractivity contribution < 1.29 is 23.2 Å². The second kappa shape index (κ2) is 10.2. The number of amides is 2. The molecule has 3 N–H and O–H groups in total. The van der Waals surface area contributed by atoms with Crippen LogP contribution in [0.4, 0.5) is 4.39 Å². The summed E-state index contributed by atoms with van der Waals surface area (Å²) in [5.41, 5.74) is 8.93. The number of ketones is 1. The summed E-state index contributed by atoms with van der Waals surface area (Å²) in [6.45, 7) is 5.39. The highest BCUT2D eigenvalue weighted by Gasteiger charge is 2.23. The Hall–Kier alpha value is -4.26. The first-order valence-corrected chi connectivity index (χ1v) is 11.8. The fraction of sp³-hybridized carbons (Fsp3) is 0.207. The number of rotatable bonds is 8. The molecule has 1 heterocycles. The molecule has 36 heavy (non-hydrogen) atoms. The standard InChI is InChI=1S/C29H27FN2O4/c1-4-23(33)25-22-15-19(10-13-24(22)36-27(25)17-8-11-21(30)12-9-17)18-6-5-7-20(14-18)29(35)32-26(16(2)3)28(31)34/h5-16,26H,4H2,1-3H3,(H2,31,34)(H,32,35)/t26-/m0/s1. The van der Waals surface area contributed by atoms with E-state index in [1.54, 1.807) is 43.3 Å². The van der Waals surface area contributed by atoms with E-state index in [2.05, 4.69) is 5.32 Å². The summed E-state index contributed by atoms with van der Waals surface area (Å²) in [5.74, 6) is -1.22. The van der Waals surface area contributed by atoms with Gasteiger partial charge in [-0.3, -0.25) is 14.4 Å². The van der Waals surface area contributed by atoms with E-state index in [9.17, 15) is 18.8 Å². The van der Waals surface area contributed by atoms with Gasteiger partial charge >= 0.3 is 0 Å². The number of halogens is 1. The molecule has 4 rings (SSSR count). The number of furan rings is 1. The van der Waals surface area contributed by atoms with Gasteiger partial charge in [0.05, 0.1) is 5.56 Å². The van der Waals surface area contributed by atoms with Crippen LogP contribution in [0.15, 0.2) is 71.1 Å². The van der Waals surface area contributed by atoms with Crippen molar-refractivity contribution in [1.82, 2.24) is 5.32 Å². The van der Waals surface area contributed by atoms with Gasteiger partial charge in [-0.05, 0) is 65.6 Å². The van der Waals surface area contributed by atoms with Crippen LogP contribution < -0.4 is 11.1 Å². The van der Waals surface area contributed by atoms with Crippen molar-refractivity contribution in [2.45, 2.75) is 33.2 Å². The van der Waals surface area contributed by atoms with Gasteiger partial charge in [0.15, 0.2) is 5.78 Å². The number of hydrogen-bond donors (Lipinski definition) is 2. The lowest BCUT2D eigenvalue weighted by molar-refractivity contribution is -0.120. The minimum absolute atomic E-state index is 0.0930. The second-order valence-corrected chi connectivity index (χ2v) is 8.98. The average molecular weight is 487 g/mol. The van der Waals surface area contributed by atoms with Crippen LogP contribution >= 0.6 is 0 Å². The number of fused-ring (bicyclic) bond motifs is 1. The highest BCUT2D eigenvalue weighted by atomic mass is 19.1. The van der Waals surface area contributed by atoms with Gasteiger partial charge in [-0.15, -0.1) is 0 Å². The fourth-order valence-electron chi connectivity index (χ4n) is 4.17. The Kier molecular flexibility index (Phi) is 7.01. The third-order valence-electron chi connectivity index (χ3n) is 6.11. The van der Waals surface area contributed by atoms with E-state index in [0.29, 0.717) is 33.4 Å². The predicted molar refractivity (Wildman–Crippen MR) is 137 cm³/mol. The smallest absolute Gasteiger partial charge is 0.251 e. The molecule has 0 saturated heterocycles. The number of Topliss-reactive ketones (excluding diaryl/α,β-unsaturated/α-hetero) is 1. The minimum Gasteiger partial charge on any atom is -0.455 e. The van der Waals surface area contributed by atoms with Gasteiger partial charge in [-0.1, -0.05) is 39.0 Å². The molecule has 6 nitrogen and oxygen atoms in total. The summed E-state index contributed by atoms with van der Waals surface area (Å²) in [7, 11) is 0. The molecule has 1 aromatic heterocycles. The molecule has 0 aliphatic heterocycles. The summed E-state index contributed by atoms with van der Waals surface area (Å²) in [6, 6.07) is 17.5. The molecule has 0 radical (unpaired) electrons. The normalized spacial score (nSPS) is 12.0. The lowest BCUT2D eigenvalue weighted by Crippen LogP contribution is -2.47. The molecule has 1 atom stereocenters. The highest BCUT2D eigenvalue weighted by molar-refractivity contribution is 6.12. The molecule has 0 unspecified atom stereocenters. The maximum atomic E-state index is 13.5. The van der Waals surface area contributed by atoms with Crippen molar-refractivity contribution in [3.05, 3.63) is 83.7 Å². The quantitative estimate of drug-likeness (QED) is 0.310. The number of carbonyl (C=O) groups excluding carboxylic acids is 3. The summed E-state index contributed by atoms with van der Waals surface area (Å²) < 4.78 is 19.5. The zero-order valence-electron chi connectivity index (χ0n) is 20.3. The van der Waals surface area contributed by atoms with Crippen molar-refractivity contribution in [2.24, 2.45) is 11.7 Å². The number of nitrogens with two attached hydrogens (primary N) is 1. The number of nitrogens with one attached hydrogen (secondary N) is 1. The van der Waals surface area contributed by atoms with E-state index in [1.165, 1.54) is 12.1 Å². The molecular weight excluding hydrogens is 459 g/mol. The number of benzene rings is 3. The van der Waals surface area contributed by atoms with Crippen molar-refractivity contribution in [3.8, 4) is 22.5 Å². The molecule has 0 spiro atoms. The molecule has 7 heteroatoms. The van der Waals surface area contributed by atoms with Gasteiger partial charge in [0.1, 0.15) is 23.2 Å². The number of hydrogen-bond acceptors (Lipinski definition) is 4. The molecule has 184 valence electrons. The Bertz CT molecular complexity index is 1450. The van der Waals surface area contributed by atoms with Crippen LogP contribution in [0.3, 0.4) is 0 Å². The lowest BCUT2D eigenvalue weighted by Gasteiger charge is -2.19. The molecule has 0 bridgehead atoms. The van der Waals surface area contributed by atoms with Crippen LogP contribution in [0.25, 0.3) is 33.4 Å². The predicted octanol–water partition coefficient (Wildman–Crippen LogP) is 5.74. The highest BCUT2D eigenvalue weighted by Crippen LogP contribution is 2.37. The lowest BCUT2D eigenvalue weighted by atomic mass is 9.97. The molecule has 4 aromatic rings. The first-order chi connectivity index (χ1) is 17.2. The minimum atomic E-state index is -0.782. The average Bonchev–Trinajstić information content (AvgIpc) is 3.25. The molecular formula is C29H27FN2O4. The first-order valence-electron chi connectivity index (χ1n) is 11.8. The largest absolute Gasteiger partial charge is 0.455 e. The van der Waals surface area contributed by atoms with Crippen LogP contribution in [0.2, 0.25) is 0 Å². The Balaban J connectivity index is 1.76. The van der Waals surface area contributed by atoms with E-state index in [1.807, 2.05) is 32.0 Å². The van der Waals surface area contributed by atoms with Gasteiger partial charge in [0.2, 0.25) is 5.91 Å². The van der Waals surface area contributed by atoms with Crippen LogP contribution in [0, 0.1) is 11.7 Å². The zero-order valence-corrected chi connectivity index (χ0v) is 20.3. The van der Waals surface area contributed by atoms with Gasteiger partial charge in [0, 0.05) is 22.9 Å². The van der Waals surface area contributed by atoms with Crippen molar-refractivity contribution in [1.29, 1.82) is 0 Å². The molecule has 2 amide bonds. The molecule has 0 aliphatic rings. The summed E-state index contributed by atoms with van der Waals surface area (Å²) in [6.07, 6.45) is 0.277. The third-order valence-corrected chi connectivity index (χ3v) is 6.11. The Morgan fingerprint density at radius 1 is 0.944 bits per heavy atom. The van der Waals surface area contributed by atoms with Crippen molar-refractivity contribution >= 4 is 28.6 Å². The Morgan fingerprint density at radius 3 is 2.25 bits per heavy atom. The summed E-state index contributed by atoms with van der Waals surface area (Å²) in [5, 5.41) is 3.34. The van der Waals surface area contributed by atoms with Gasteiger partial charge < -0.3 is 15.5 Å². The van der Waals surface area contributed by atoms with Crippen LogP contribution in [0.1, 0.15) is 47.9 Å². The van der Waals surface area contributed by atoms with E-state index in [-0.39, 0.29) is 23.9 Å². The third kappa shape index (κ3) is 4.91. The topological polar surface area (TPSA) is 102 Å². The maximum Gasteiger partial charge on any atom is 0.251 e. The monoisotopic (exact) mass is 486 g/mol. The van der Waals surface area contributed by atoms with E-state index >= 15 is 0 Å². The number of carbonyl (C=O) groups is 3. The molecule has 3 aromatic carbocycles. The summed E-state index contributed by atoms with van der Waals surface area (Å²) in [4.78, 5) is 37.5. The van der Waals surface area contributed by atoms with Gasteiger partial charge in [0.25, 0.3) is 5.91 Å². The maximum absolute atomic E-state index is 13.5. The second-order valence-electron chi connectivity index (χ2n) is 8.98. The van der Waals surface area contributed by atoms with E-state index < -0.39 is 17.9 Å². The van der Waals surface area contributed by atoms with Crippen molar-refractivity contribution in [2.75, 3.05) is 0 Å².